The first kappa shape index (κ1) is 12.0. The third kappa shape index (κ3) is 3.53. The van der Waals surface area contributed by atoms with Crippen molar-refractivity contribution >= 4 is 17.5 Å². The number of nitrogens with one attached hydrogen (secondary N) is 1. The molecule has 0 spiro atoms. The number of carbonyl (C=O) groups is 1. The standard InChI is InChI=1S/C11H14ClNO2/c1-8(13-10(14)7-12)11(15)9-5-3-2-4-6-9/h2-6,8,11,15H,7H2,1H3,(H,13,14). The van der Waals surface area contributed by atoms with Crippen LogP contribution in [0.15, 0.2) is 30.3 Å². The molecule has 2 N–H and O–H groups in total. The van der Waals surface area contributed by atoms with E-state index in [1.807, 2.05) is 30.3 Å². The number of benzene rings is 1. The quantitative estimate of drug-likeness (QED) is 0.766. The van der Waals surface area contributed by atoms with Gasteiger partial charge in [-0.05, 0) is 12.5 Å². The van der Waals surface area contributed by atoms with Crippen LogP contribution in [0.2, 0.25) is 0 Å². The van der Waals surface area contributed by atoms with Gasteiger partial charge >= 0.3 is 0 Å². The van der Waals surface area contributed by atoms with Crippen molar-refractivity contribution in [2.75, 3.05) is 5.88 Å². The van der Waals surface area contributed by atoms with Gasteiger partial charge in [0.15, 0.2) is 0 Å². The maximum absolute atomic E-state index is 11.0. The first-order valence-corrected chi connectivity index (χ1v) is 5.27. The van der Waals surface area contributed by atoms with Gasteiger partial charge < -0.3 is 10.4 Å². The molecule has 1 aromatic carbocycles. The zero-order chi connectivity index (χ0) is 11.3. The van der Waals surface area contributed by atoms with Crippen LogP contribution in [0.5, 0.6) is 0 Å². The van der Waals surface area contributed by atoms with E-state index in [0.717, 1.165) is 5.56 Å². The zero-order valence-corrected chi connectivity index (χ0v) is 9.24. The van der Waals surface area contributed by atoms with Gasteiger partial charge in [0.1, 0.15) is 5.88 Å². The lowest BCUT2D eigenvalue weighted by Gasteiger charge is -2.20. The summed E-state index contributed by atoms with van der Waals surface area (Å²) in [7, 11) is 0. The molecule has 4 heteroatoms. The summed E-state index contributed by atoms with van der Waals surface area (Å²) in [5.41, 5.74) is 0.778. The van der Waals surface area contributed by atoms with E-state index in [0.29, 0.717) is 0 Å². The van der Waals surface area contributed by atoms with Crippen molar-refractivity contribution in [1.82, 2.24) is 5.32 Å². The Morgan fingerprint density at radius 2 is 2.07 bits per heavy atom. The number of aliphatic hydroxyl groups excluding tert-OH is 1. The Balaban J connectivity index is 2.61. The van der Waals surface area contributed by atoms with Crippen molar-refractivity contribution in [2.45, 2.75) is 19.1 Å². The van der Waals surface area contributed by atoms with Crippen LogP contribution >= 0.6 is 11.6 Å². The van der Waals surface area contributed by atoms with E-state index >= 15 is 0 Å². The summed E-state index contributed by atoms with van der Waals surface area (Å²) in [6.07, 6.45) is -0.710. The van der Waals surface area contributed by atoms with Gasteiger partial charge in [-0.15, -0.1) is 11.6 Å². The molecule has 2 atom stereocenters. The normalized spacial score (nSPS) is 14.3. The fourth-order valence-electron chi connectivity index (χ4n) is 1.31. The molecule has 3 nitrogen and oxygen atoms in total. The summed E-state index contributed by atoms with van der Waals surface area (Å²) >= 11 is 5.35. The minimum absolute atomic E-state index is 0.0914. The largest absolute Gasteiger partial charge is 0.386 e. The predicted molar refractivity (Wildman–Crippen MR) is 59.7 cm³/mol. The molecule has 2 unspecified atom stereocenters. The van der Waals surface area contributed by atoms with Gasteiger partial charge in [0.25, 0.3) is 0 Å². The van der Waals surface area contributed by atoms with Crippen LogP contribution in [0, 0.1) is 0 Å². The monoisotopic (exact) mass is 227 g/mol. The lowest BCUT2D eigenvalue weighted by atomic mass is 10.0. The lowest BCUT2D eigenvalue weighted by molar-refractivity contribution is -0.120. The van der Waals surface area contributed by atoms with E-state index in [4.69, 9.17) is 11.6 Å². The van der Waals surface area contributed by atoms with Gasteiger partial charge in [-0.25, -0.2) is 0 Å². The molecule has 0 fully saturated rings. The molecule has 0 saturated heterocycles. The summed E-state index contributed by atoms with van der Waals surface area (Å²) in [5, 5.41) is 12.5. The molecule has 82 valence electrons. The fraction of sp³-hybridized carbons (Fsp3) is 0.364. The molecule has 0 heterocycles. The SMILES string of the molecule is CC(NC(=O)CCl)C(O)c1ccccc1. The number of alkyl halides is 1. The average Bonchev–Trinajstić information content (AvgIpc) is 2.29. The van der Waals surface area contributed by atoms with Crippen molar-refractivity contribution in [2.24, 2.45) is 0 Å². The van der Waals surface area contributed by atoms with Crippen LogP contribution < -0.4 is 5.32 Å². The summed E-state index contributed by atoms with van der Waals surface area (Å²) < 4.78 is 0. The number of aliphatic hydroxyl groups is 1. The van der Waals surface area contributed by atoms with E-state index in [2.05, 4.69) is 5.32 Å². The van der Waals surface area contributed by atoms with E-state index in [1.54, 1.807) is 6.92 Å². The highest BCUT2D eigenvalue weighted by Gasteiger charge is 2.17. The molecule has 0 bridgehead atoms. The second kappa shape index (κ2) is 5.73. The summed E-state index contributed by atoms with van der Waals surface area (Å²) in [6, 6.07) is 8.84. The highest BCUT2D eigenvalue weighted by Crippen LogP contribution is 2.15. The van der Waals surface area contributed by atoms with Gasteiger partial charge in [-0.3, -0.25) is 4.79 Å². The Morgan fingerprint density at radius 3 is 2.60 bits per heavy atom. The van der Waals surface area contributed by atoms with Crippen LogP contribution in [0.25, 0.3) is 0 Å². The van der Waals surface area contributed by atoms with Crippen molar-refractivity contribution in [1.29, 1.82) is 0 Å². The maximum Gasteiger partial charge on any atom is 0.235 e. The molecule has 0 aromatic heterocycles. The van der Waals surface area contributed by atoms with Gasteiger partial charge in [0.2, 0.25) is 5.91 Å². The van der Waals surface area contributed by atoms with Crippen LogP contribution in [0.1, 0.15) is 18.6 Å². The number of hydrogen-bond donors (Lipinski definition) is 2. The Kier molecular flexibility index (Phi) is 4.59. The molecule has 1 amide bonds. The number of amides is 1. The first-order valence-electron chi connectivity index (χ1n) is 4.73. The number of carbonyl (C=O) groups excluding carboxylic acids is 1. The van der Waals surface area contributed by atoms with Crippen molar-refractivity contribution in [3.63, 3.8) is 0 Å². The Hall–Kier alpha value is -1.06. The van der Waals surface area contributed by atoms with Gasteiger partial charge in [-0.1, -0.05) is 30.3 Å². The minimum atomic E-state index is -0.710. The molecular formula is C11H14ClNO2. The molecule has 0 aliphatic carbocycles. The van der Waals surface area contributed by atoms with E-state index in [1.165, 1.54) is 0 Å². The van der Waals surface area contributed by atoms with Gasteiger partial charge in [-0.2, -0.15) is 0 Å². The zero-order valence-electron chi connectivity index (χ0n) is 8.48. The summed E-state index contributed by atoms with van der Waals surface area (Å²) in [4.78, 5) is 11.0. The molecule has 15 heavy (non-hydrogen) atoms. The van der Waals surface area contributed by atoms with Crippen molar-refractivity contribution in [3.8, 4) is 0 Å². The Labute approximate surface area is 94.1 Å². The van der Waals surface area contributed by atoms with Crippen LogP contribution in [-0.2, 0) is 4.79 Å². The second-order valence-electron chi connectivity index (χ2n) is 3.35. The van der Waals surface area contributed by atoms with Gasteiger partial charge in [0.05, 0.1) is 12.1 Å². The fourth-order valence-corrected chi connectivity index (χ4v) is 1.39. The molecule has 1 aromatic rings. The van der Waals surface area contributed by atoms with Gasteiger partial charge in [0, 0.05) is 0 Å². The highest BCUT2D eigenvalue weighted by atomic mass is 35.5. The highest BCUT2D eigenvalue weighted by molar-refractivity contribution is 6.27. The summed E-state index contributed by atoms with van der Waals surface area (Å²) in [6.45, 7) is 1.74. The number of rotatable bonds is 4. The Bertz CT molecular complexity index is 316. The van der Waals surface area contributed by atoms with Crippen LogP contribution in [0.3, 0.4) is 0 Å². The molecule has 0 aliphatic rings. The third-order valence-corrected chi connectivity index (χ3v) is 2.37. The van der Waals surface area contributed by atoms with Crippen LogP contribution in [-0.4, -0.2) is 22.9 Å². The third-order valence-electron chi connectivity index (χ3n) is 2.12. The Morgan fingerprint density at radius 1 is 1.47 bits per heavy atom. The molecule has 1 rings (SSSR count). The minimum Gasteiger partial charge on any atom is -0.386 e. The first-order chi connectivity index (χ1) is 7.15. The van der Waals surface area contributed by atoms with Crippen molar-refractivity contribution < 1.29 is 9.90 Å². The van der Waals surface area contributed by atoms with E-state index in [-0.39, 0.29) is 17.8 Å². The smallest absolute Gasteiger partial charge is 0.235 e. The topological polar surface area (TPSA) is 49.3 Å². The average molecular weight is 228 g/mol. The second-order valence-corrected chi connectivity index (χ2v) is 3.61. The van der Waals surface area contributed by atoms with Crippen LogP contribution in [0.4, 0.5) is 0 Å². The number of halogens is 1. The maximum atomic E-state index is 11.0. The molecule has 0 radical (unpaired) electrons. The predicted octanol–water partition coefficient (Wildman–Crippen LogP) is 1.46. The van der Waals surface area contributed by atoms with E-state index < -0.39 is 6.10 Å². The van der Waals surface area contributed by atoms with E-state index in [9.17, 15) is 9.90 Å². The number of hydrogen-bond acceptors (Lipinski definition) is 2. The van der Waals surface area contributed by atoms with Crippen molar-refractivity contribution in [3.05, 3.63) is 35.9 Å². The lowest BCUT2D eigenvalue weighted by Crippen LogP contribution is -2.37. The molecule has 0 aliphatic heterocycles. The summed E-state index contributed by atoms with van der Waals surface area (Å²) in [5.74, 6) is -0.370. The molecule has 0 saturated carbocycles. The molecular weight excluding hydrogens is 214 g/mol.